The Kier molecular flexibility index (Phi) is 5.05. The van der Waals surface area contributed by atoms with Crippen LogP contribution in [0.2, 0.25) is 0 Å². The number of carbonyl (C=O) groups is 1. The van der Waals surface area contributed by atoms with E-state index in [4.69, 9.17) is 9.47 Å². The van der Waals surface area contributed by atoms with Crippen molar-refractivity contribution < 1.29 is 23.0 Å². The molecule has 126 valence electrons. The van der Waals surface area contributed by atoms with E-state index in [1.807, 2.05) is 0 Å². The smallest absolute Gasteiger partial charge is 0.251 e. The molecule has 2 aromatic rings. The molecule has 0 unspecified atom stereocenters. The van der Waals surface area contributed by atoms with Gasteiger partial charge in [0, 0.05) is 30.7 Å². The zero-order valence-corrected chi connectivity index (χ0v) is 12.9. The number of benzene rings is 2. The molecule has 1 aliphatic heterocycles. The summed E-state index contributed by atoms with van der Waals surface area (Å²) in [7, 11) is 0. The maximum atomic E-state index is 13.6. The van der Waals surface area contributed by atoms with Crippen molar-refractivity contribution in [3.63, 3.8) is 0 Å². The van der Waals surface area contributed by atoms with Gasteiger partial charge >= 0.3 is 0 Å². The number of rotatable bonds is 5. The predicted octanol–water partition coefficient (Wildman–Crippen LogP) is 3.52. The molecule has 0 saturated carbocycles. The number of halogens is 2. The average molecular weight is 333 g/mol. The van der Waals surface area contributed by atoms with Crippen molar-refractivity contribution >= 4 is 5.91 Å². The van der Waals surface area contributed by atoms with Gasteiger partial charge in [-0.05, 0) is 42.8 Å². The summed E-state index contributed by atoms with van der Waals surface area (Å²) in [6.45, 7) is 2.00. The van der Waals surface area contributed by atoms with Gasteiger partial charge in [0.05, 0.1) is 6.61 Å². The van der Waals surface area contributed by atoms with Gasteiger partial charge < -0.3 is 14.8 Å². The van der Waals surface area contributed by atoms with Gasteiger partial charge in [0.2, 0.25) is 0 Å². The van der Waals surface area contributed by atoms with E-state index in [9.17, 15) is 13.6 Å². The number of carbonyl (C=O) groups excluding carboxylic acids is 1. The summed E-state index contributed by atoms with van der Waals surface area (Å²) < 4.78 is 37.0. The Morgan fingerprint density at radius 2 is 2.00 bits per heavy atom. The van der Waals surface area contributed by atoms with E-state index >= 15 is 0 Å². The van der Waals surface area contributed by atoms with Gasteiger partial charge in [-0.15, -0.1) is 0 Å². The van der Waals surface area contributed by atoms with Crippen molar-refractivity contribution in [3.05, 3.63) is 59.7 Å². The van der Waals surface area contributed by atoms with Gasteiger partial charge in [-0.2, -0.15) is 0 Å². The molecule has 1 saturated heterocycles. The number of hydrogen-bond donors (Lipinski definition) is 1. The molecule has 1 fully saturated rings. The van der Waals surface area contributed by atoms with Crippen LogP contribution in [-0.4, -0.2) is 25.7 Å². The van der Waals surface area contributed by atoms with Crippen LogP contribution in [0.3, 0.4) is 0 Å². The fourth-order valence-electron chi connectivity index (χ4n) is 2.44. The highest BCUT2D eigenvalue weighted by Crippen LogP contribution is 2.25. The highest BCUT2D eigenvalue weighted by molar-refractivity contribution is 5.94. The fourth-order valence-corrected chi connectivity index (χ4v) is 2.44. The minimum Gasteiger partial charge on any atom is -0.454 e. The lowest BCUT2D eigenvalue weighted by Crippen LogP contribution is -2.29. The van der Waals surface area contributed by atoms with E-state index in [1.54, 1.807) is 24.3 Å². The minimum absolute atomic E-state index is 0.0742. The molecule has 1 atom stereocenters. The van der Waals surface area contributed by atoms with Crippen molar-refractivity contribution in [2.75, 3.05) is 19.8 Å². The predicted molar refractivity (Wildman–Crippen MR) is 84.1 cm³/mol. The first kappa shape index (κ1) is 16.4. The highest BCUT2D eigenvalue weighted by Gasteiger charge is 2.16. The summed E-state index contributed by atoms with van der Waals surface area (Å²) in [6.07, 6.45) is 0.955. The minimum atomic E-state index is -0.782. The number of nitrogens with one attached hydrogen (secondary N) is 1. The van der Waals surface area contributed by atoms with Gasteiger partial charge in [0.25, 0.3) is 5.91 Å². The summed E-state index contributed by atoms with van der Waals surface area (Å²) in [4.78, 5) is 12.1. The molecule has 1 aliphatic rings. The van der Waals surface area contributed by atoms with E-state index in [0.717, 1.165) is 25.2 Å². The van der Waals surface area contributed by atoms with Gasteiger partial charge in [-0.3, -0.25) is 4.79 Å². The lowest BCUT2D eigenvalue weighted by atomic mass is 10.1. The molecular formula is C18H17F2NO3. The number of ether oxygens (including phenoxy) is 2. The van der Waals surface area contributed by atoms with Crippen LogP contribution < -0.4 is 10.1 Å². The van der Waals surface area contributed by atoms with E-state index in [2.05, 4.69) is 5.32 Å². The molecule has 0 radical (unpaired) electrons. The summed E-state index contributed by atoms with van der Waals surface area (Å²) in [5.74, 6) is -0.981. The van der Waals surface area contributed by atoms with Crippen molar-refractivity contribution in [1.82, 2.24) is 5.32 Å². The first-order valence-electron chi connectivity index (χ1n) is 7.71. The van der Waals surface area contributed by atoms with Crippen LogP contribution >= 0.6 is 0 Å². The lowest BCUT2D eigenvalue weighted by Gasteiger charge is -2.10. The Labute approximate surface area is 138 Å². The molecule has 0 bridgehead atoms. The molecule has 1 amide bonds. The Morgan fingerprint density at radius 1 is 1.21 bits per heavy atom. The zero-order valence-electron chi connectivity index (χ0n) is 12.9. The van der Waals surface area contributed by atoms with Crippen LogP contribution in [0.4, 0.5) is 8.78 Å². The maximum Gasteiger partial charge on any atom is 0.251 e. The van der Waals surface area contributed by atoms with E-state index < -0.39 is 11.6 Å². The molecular weight excluding hydrogens is 316 g/mol. The topological polar surface area (TPSA) is 47.6 Å². The maximum absolute atomic E-state index is 13.6. The zero-order chi connectivity index (χ0) is 16.9. The number of hydrogen-bond acceptors (Lipinski definition) is 3. The molecule has 1 heterocycles. The summed E-state index contributed by atoms with van der Waals surface area (Å²) in [5.41, 5.74) is 0.487. The van der Waals surface area contributed by atoms with Gasteiger partial charge in [0.15, 0.2) is 11.6 Å². The first-order valence-corrected chi connectivity index (χ1v) is 7.71. The molecule has 1 N–H and O–H groups in total. The SMILES string of the molecule is O=C(NC[C@@H]1CCOC1)c1ccc(Oc2ccc(F)cc2F)cc1. The van der Waals surface area contributed by atoms with Crippen LogP contribution in [0.5, 0.6) is 11.5 Å². The first-order chi connectivity index (χ1) is 11.6. The van der Waals surface area contributed by atoms with Crippen molar-refractivity contribution in [2.24, 2.45) is 5.92 Å². The Morgan fingerprint density at radius 3 is 2.67 bits per heavy atom. The molecule has 0 spiro atoms. The summed E-state index contributed by atoms with van der Waals surface area (Å²) >= 11 is 0. The van der Waals surface area contributed by atoms with Crippen LogP contribution in [0.1, 0.15) is 16.8 Å². The Balaban J connectivity index is 1.59. The van der Waals surface area contributed by atoms with Gasteiger partial charge in [-0.25, -0.2) is 8.78 Å². The van der Waals surface area contributed by atoms with E-state index in [1.165, 1.54) is 6.07 Å². The van der Waals surface area contributed by atoms with Crippen LogP contribution in [-0.2, 0) is 4.74 Å². The second-order valence-corrected chi connectivity index (χ2v) is 5.64. The van der Waals surface area contributed by atoms with E-state index in [0.29, 0.717) is 30.4 Å². The summed E-state index contributed by atoms with van der Waals surface area (Å²) in [6, 6.07) is 9.41. The molecule has 2 aromatic carbocycles. The monoisotopic (exact) mass is 333 g/mol. The Hall–Kier alpha value is -2.47. The lowest BCUT2D eigenvalue weighted by molar-refractivity contribution is 0.0945. The van der Waals surface area contributed by atoms with Crippen molar-refractivity contribution in [1.29, 1.82) is 0 Å². The highest BCUT2D eigenvalue weighted by atomic mass is 19.1. The molecule has 4 nitrogen and oxygen atoms in total. The summed E-state index contributed by atoms with van der Waals surface area (Å²) in [5, 5.41) is 2.86. The van der Waals surface area contributed by atoms with E-state index in [-0.39, 0.29) is 11.7 Å². The quantitative estimate of drug-likeness (QED) is 0.911. The fraction of sp³-hybridized carbons (Fsp3) is 0.278. The molecule has 3 rings (SSSR count). The second-order valence-electron chi connectivity index (χ2n) is 5.64. The normalized spacial score (nSPS) is 16.8. The third-order valence-corrected chi connectivity index (χ3v) is 3.81. The Bertz CT molecular complexity index is 713. The third-order valence-electron chi connectivity index (χ3n) is 3.81. The van der Waals surface area contributed by atoms with Gasteiger partial charge in [-0.1, -0.05) is 0 Å². The van der Waals surface area contributed by atoms with Crippen LogP contribution in [0.15, 0.2) is 42.5 Å². The standard InChI is InChI=1S/C18H17F2NO3/c19-14-3-6-17(16(20)9-14)24-15-4-1-13(2-5-15)18(22)21-10-12-7-8-23-11-12/h1-6,9,12H,7-8,10-11H2,(H,21,22)/t12-/m0/s1. The average Bonchev–Trinajstić information content (AvgIpc) is 3.09. The molecule has 0 aromatic heterocycles. The second kappa shape index (κ2) is 7.40. The third kappa shape index (κ3) is 4.08. The number of amides is 1. The van der Waals surface area contributed by atoms with Crippen molar-refractivity contribution in [3.8, 4) is 11.5 Å². The molecule has 6 heteroatoms. The molecule has 0 aliphatic carbocycles. The molecule has 24 heavy (non-hydrogen) atoms. The van der Waals surface area contributed by atoms with Gasteiger partial charge in [0.1, 0.15) is 11.6 Å². The van der Waals surface area contributed by atoms with Crippen LogP contribution in [0.25, 0.3) is 0 Å². The van der Waals surface area contributed by atoms with Crippen LogP contribution in [0, 0.1) is 17.6 Å². The van der Waals surface area contributed by atoms with Crippen molar-refractivity contribution in [2.45, 2.75) is 6.42 Å². The largest absolute Gasteiger partial charge is 0.454 e.